The number of benzene rings is 1. The summed E-state index contributed by atoms with van der Waals surface area (Å²) in [7, 11) is 0. The van der Waals surface area contributed by atoms with Crippen LogP contribution in [0.5, 0.6) is 5.75 Å². The van der Waals surface area contributed by atoms with Crippen LogP contribution in [-0.2, 0) is 11.8 Å². The molecule has 0 heterocycles. The van der Waals surface area contributed by atoms with Gasteiger partial charge in [0.25, 0.3) is 0 Å². The lowest BCUT2D eigenvalue weighted by molar-refractivity contribution is -0.422. The van der Waals surface area contributed by atoms with Crippen LogP contribution in [-0.4, -0.2) is 19.6 Å². The first kappa shape index (κ1) is 16.7. The second-order valence-electron chi connectivity index (χ2n) is 2.72. The summed E-state index contributed by atoms with van der Waals surface area (Å²) in [5.41, 5.74) is -1.80. The summed E-state index contributed by atoms with van der Waals surface area (Å²) in [6, 6.07) is 2.98. The van der Waals surface area contributed by atoms with E-state index in [9.17, 15) is 20.2 Å². The monoisotopic (exact) mass is 316 g/mol. The van der Waals surface area contributed by atoms with Crippen LogP contribution in [0.3, 0.4) is 0 Å². The lowest BCUT2D eigenvalue weighted by Gasteiger charge is -2.09. The zero-order valence-electron chi connectivity index (χ0n) is 8.33. The Morgan fingerprint density at radius 3 is 2.17 bits per heavy atom. The van der Waals surface area contributed by atoms with E-state index in [-0.39, 0.29) is 12.4 Å². The van der Waals surface area contributed by atoms with Crippen LogP contribution in [0.2, 0.25) is 0 Å². The van der Waals surface area contributed by atoms with E-state index in [1.165, 1.54) is 0 Å². The third-order valence-electron chi connectivity index (χ3n) is 1.57. The van der Waals surface area contributed by atoms with Crippen LogP contribution in [0.15, 0.2) is 18.2 Å². The maximum atomic E-state index is 10.7. The van der Waals surface area contributed by atoms with E-state index < -0.39 is 33.7 Å². The number of para-hydroxylation sites is 1. The molecule has 0 aromatic heterocycles. The molecule has 0 saturated carbocycles. The van der Waals surface area contributed by atoms with Gasteiger partial charge < -0.3 is 14.3 Å². The summed E-state index contributed by atoms with van der Waals surface area (Å²) >= 11 is 4.13. The topological polar surface area (TPSA) is 136 Å². The van der Waals surface area contributed by atoms with Crippen molar-refractivity contribution in [3.05, 3.63) is 38.4 Å². The Hall–Kier alpha value is -1.32. The average Bonchev–Trinajstić information content (AvgIpc) is 2.14. The van der Waals surface area contributed by atoms with E-state index >= 15 is 0 Å². The molecule has 12 heteroatoms. The molecule has 1 aromatic carbocycles. The van der Waals surface area contributed by atoms with Gasteiger partial charge in [0.2, 0.25) is 5.75 Å². The van der Waals surface area contributed by atoms with E-state index in [0.29, 0.717) is 0 Å². The first-order valence-corrected chi connectivity index (χ1v) is 6.52. The highest BCUT2D eigenvalue weighted by molar-refractivity contribution is 8.06. The van der Waals surface area contributed by atoms with Crippen molar-refractivity contribution in [2.75, 3.05) is 0 Å². The molecule has 1 rings (SSSR count). The number of nitrogens with zero attached hydrogens (tertiary/aromatic N) is 2. The summed E-state index contributed by atoms with van der Waals surface area (Å²) in [5.74, 6) is -0.655. The molecular weight excluding hydrogens is 311 g/mol. The average molecular weight is 317 g/mol. The van der Waals surface area contributed by atoms with Crippen molar-refractivity contribution in [1.82, 2.24) is 0 Å². The van der Waals surface area contributed by atoms with Crippen molar-refractivity contribution < 1.29 is 24.2 Å². The highest BCUT2D eigenvalue weighted by Gasteiger charge is 2.31. The van der Waals surface area contributed by atoms with Crippen molar-refractivity contribution in [2.45, 2.75) is 0 Å². The molecule has 1 aromatic rings. The molecule has 0 aliphatic rings. The number of hydrogen-bond acceptors (Lipinski definition) is 6. The van der Waals surface area contributed by atoms with Crippen molar-refractivity contribution in [3.63, 3.8) is 0 Å². The first-order valence-electron chi connectivity index (χ1n) is 3.89. The molecule has 0 amide bonds. The lowest BCUT2D eigenvalue weighted by atomic mass is 10.2. The van der Waals surface area contributed by atoms with Crippen molar-refractivity contribution in [3.8, 4) is 5.75 Å². The SMILES string of the molecule is Cl.O=[N+]([O-])c1cccc(OP(O)(O)=S)c1[N+](=O)[O-]. The molecule has 0 atom stereocenters. The second-order valence-corrected chi connectivity index (χ2v) is 5.31. The van der Waals surface area contributed by atoms with E-state index in [4.69, 9.17) is 9.79 Å². The zero-order valence-corrected chi connectivity index (χ0v) is 10.9. The molecule has 9 nitrogen and oxygen atoms in total. The van der Waals surface area contributed by atoms with Gasteiger partial charge in [-0.05, 0) is 6.07 Å². The largest absolute Gasteiger partial charge is 0.417 e. The summed E-state index contributed by atoms with van der Waals surface area (Å²) in [6.07, 6.45) is 0. The van der Waals surface area contributed by atoms with E-state index in [1.807, 2.05) is 0 Å². The number of rotatable bonds is 4. The van der Waals surface area contributed by atoms with Gasteiger partial charge in [-0.15, -0.1) is 12.4 Å². The molecule has 18 heavy (non-hydrogen) atoms. The molecule has 0 radical (unpaired) electrons. The number of halogens is 1. The van der Waals surface area contributed by atoms with E-state index in [2.05, 4.69) is 16.3 Å². The van der Waals surface area contributed by atoms with E-state index in [1.54, 1.807) is 0 Å². The van der Waals surface area contributed by atoms with Crippen molar-refractivity contribution >= 4 is 42.3 Å². The molecule has 0 unspecified atom stereocenters. The zero-order chi connectivity index (χ0) is 13.2. The van der Waals surface area contributed by atoms with Gasteiger partial charge in [0, 0.05) is 17.9 Å². The Labute approximate surface area is 111 Å². The van der Waals surface area contributed by atoms with E-state index in [0.717, 1.165) is 18.2 Å². The van der Waals surface area contributed by atoms with Gasteiger partial charge in [0.1, 0.15) is 0 Å². The van der Waals surface area contributed by atoms with Crippen molar-refractivity contribution in [1.29, 1.82) is 0 Å². The highest BCUT2D eigenvalue weighted by atomic mass is 35.5. The second kappa shape index (κ2) is 6.03. The van der Waals surface area contributed by atoms with Gasteiger partial charge in [-0.3, -0.25) is 20.2 Å². The van der Waals surface area contributed by atoms with Gasteiger partial charge in [-0.1, -0.05) is 6.07 Å². The van der Waals surface area contributed by atoms with Gasteiger partial charge in [-0.25, -0.2) is 0 Å². The van der Waals surface area contributed by atoms with Crippen LogP contribution >= 0.6 is 19.1 Å². The fourth-order valence-electron chi connectivity index (χ4n) is 1.04. The van der Waals surface area contributed by atoms with Crippen LogP contribution in [0.1, 0.15) is 0 Å². The quantitative estimate of drug-likeness (QED) is 0.484. The molecular formula is C6H6ClN2O7PS. The van der Waals surface area contributed by atoms with Crippen LogP contribution in [0.25, 0.3) is 0 Å². The lowest BCUT2D eigenvalue weighted by Crippen LogP contribution is -2.00. The minimum absolute atomic E-state index is 0. The smallest absolute Gasteiger partial charge is 0.387 e. The fraction of sp³-hybridized carbons (Fsp3) is 0. The Bertz CT molecular complexity index is 533. The molecule has 0 saturated heterocycles. The summed E-state index contributed by atoms with van der Waals surface area (Å²) < 4.78 is 4.38. The molecule has 0 aliphatic heterocycles. The predicted octanol–water partition coefficient (Wildman–Crippen LogP) is 1.51. The van der Waals surface area contributed by atoms with Gasteiger partial charge in [0.15, 0.2) is 0 Å². The number of hydrogen-bond donors (Lipinski definition) is 2. The van der Waals surface area contributed by atoms with Gasteiger partial charge in [0.05, 0.1) is 9.85 Å². The minimum Gasteiger partial charge on any atom is -0.417 e. The van der Waals surface area contributed by atoms with Gasteiger partial charge in [-0.2, -0.15) is 0 Å². The third kappa shape index (κ3) is 4.17. The Morgan fingerprint density at radius 1 is 1.22 bits per heavy atom. The van der Waals surface area contributed by atoms with Crippen molar-refractivity contribution in [2.24, 2.45) is 0 Å². The molecule has 2 N–H and O–H groups in total. The maximum Gasteiger partial charge on any atom is 0.387 e. The van der Waals surface area contributed by atoms with Crippen LogP contribution in [0.4, 0.5) is 11.4 Å². The standard InChI is InChI=1S/C6H5N2O7PS.ClH/c9-7(10)4-2-1-3-5(6(4)8(11)12)15-16(13,14)17;/h1-3H,(H2,13,14,17);1H. The normalized spacial score (nSPS) is 10.3. The summed E-state index contributed by atoms with van der Waals surface area (Å²) in [6.45, 7) is -4.20. The summed E-state index contributed by atoms with van der Waals surface area (Å²) in [4.78, 5) is 36.9. The number of nitro groups is 2. The Balaban J connectivity index is 0.00000289. The fourth-order valence-corrected chi connectivity index (χ4v) is 1.69. The van der Waals surface area contributed by atoms with Crippen LogP contribution < -0.4 is 4.52 Å². The Morgan fingerprint density at radius 2 is 1.78 bits per heavy atom. The van der Waals surface area contributed by atoms with Gasteiger partial charge >= 0.3 is 18.1 Å². The molecule has 0 aliphatic carbocycles. The first-order chi connectivity index (χ1) is 7.72. The minimum atomic E-state index is -4.20. The van der Waals surface area contributed by atoms with Crippen LogP contribution in [0, 0.1) is 20.2 Å². The number of nitro benzene ring substituents is 2. The molecule has 0 fully saturated rings. The summed E-state index contributed by atoms with van der Waals surface area (Å²) in [5, 5.41) is 21.2. The molecule has 0 bridgehead atoms. The highest BCUT2D eigenvalue weighted by Crippen LogP contribution is 2.45. The molecule has 100 valence electrons. The Kier molecular flexibility index (Phi) is 5.58. The maximum absolute atomic E-state index is 10.7. The third-order valence-corrected chi connectivity index (χ3v) is 2.23. The molecule has 0 spiro atoms. The predicted molar refractivity (Wildman–Crippen MR) is 66.3 cm³/mol.